The first-order valence-electron chi connectivity index (χ1n) is 2.69. The first kappa shape index (κ1) is 9.57. The maximum absolute atomic E-state index is 10.4. The van der Waals surface area contributed by atoms with E-state index in [1.165, 1.54) is 0 Å². The molecule has 0 radical (unpaired) electrons. The number of nitrogens with two attached hydrogens (primary N) is 1. The van der Waals surface area contributed by atoms with Crippen molar-refractivity contribution in [3.8, 4) is 0 Å². The van der Waals surface area contributed by atoms with Crippen molar-refractivity contribution in [3.63, 3.8) is 0 Å². The molecule has 6 heteroatoms. The fourth-order valence-corrected chi connectivity index (χ4v) is 0.439. The van der Waals surface area contributed by atoms with E-state index in [-0.39, 0.29) is 0 Å². The van der Waals surface area contributed by atoms with Crippen molar-refractivity contribution in [1.82, 2.24) is 0 Å². The zero-order valence-corrected chi connectivity index (χ0v) is 5.48. The van der Waals surface area contributed by atoms with Gasteiger partial charge < -0.3 is 15.9 Å². The van der Waals surface area contributed by atoms with Gasteiger partial charge in [0.1, 0.15) is 0 Å². The van der Waals surface area contributed by atoms with Crippen molar-refractivity contribution in [2.45, 2.75) is 12.5 Å². The van der Waals surface area contributed by atoms with Gasteiger partial charge in [-0.05, 0) is 0 Å². The lowest BCUT2D eigenvalue weighted by atomic mass is 10.1. The molecular weight excluding hydrogens is 154 g/mol. The van der Waals surface area contributed by atoms with Gasteiger partial charge in [-0.3, -0.25) is 9.59 Å². The first-order chi connectivity index (χ1) is 4.95. The number of carbonyl (C=O) groups excluding carboxylic acids is 1. The number of aliphatic carboxylic acids is 2. The van der Waals surface area contributed by atoms with Gasteiger partial charge >= 0.3 is 11.9 Å². The van der Waals surface area contributed by atoms with Crippen LogP contribution in [0.2, 0.25) is 0 Å². The summed E-state index contributed by atoms with van der Waals surface area (Å²) < 4.78 is 0. The minimum absolute atomic E-state index is 0.662. The van der Waals surface area contributed by atoms with Gasteiger partial charge in [-0.15, -0.1) is 0 Å². The van der Waals surface area contributed by atoms with E-state index < -0.39 is 30.2 Å². The Morgan fingerprint density at radius 3 is 2.00 bits per heavy atom. The second-order valence-corrected chi connectivity index (χ2v) is 1.87. The smallest absolute Gasteiger partial charge is 0.373 e. The molecule has 6 nitrogen and oxygen atoms in total. The predicted octanol–water partition coefficient (Wildman–Crippen LogP) is -1.56. The molecule has 1 atom stereocenters. The van der Waals surface area contributed by atoms with Crippen molar-refractivity contribution in [1.29, 1.82) is 0 Å². The summed E-state index contributed by atoms with van der Waals surface area (Å²) in [4.78, 5) is 30.2. The highest BCUT2D eigenvalue weighted by atomic mass is 16.4. The number of carboxylic acids is 2. The van der Waals surface area contributed by atoms with Crippen LogP contribution < -0.4 is 5.73 Å². The molecule has 0 aromatic heterocycles. The van der Waals surface area contributed by atoms with Gasteiger partial charge in [-0.2, -0.15) is 0 Å². The predicted molar refractivity (Wildman–Crippen MR) is 32.9 cm³/mol. The summed E-state index contributed by atoms with van der Waals surface area (Å²) in [6, 6.07) is -1.45. The number of ketones is 1. The minimum Gasteiger partial charge on any atom is -0.481 e. The van der Waals surface area contributed by atoms with E-state index in [4.69, 9.17) is 15.9 Å². The molecule has 0 aromatic rings. The Labute approximate surface area is 61.6 Å². The lowest BCUT2D eigenvalue weighted by Crippen LogP contribution is -2.37. The van der Waals surface area contributed by atoms with Crippen LogP contribution in [-0.4, -0.2) is 34.0 Å². The number of carbonyl (C=O) groups is 3. The summed E-state index contributed by atoms with van der Waals surface area (Å²) in [5.74, 6) is -4.29. The average Bonchev–Trinajstić information content (AvgIpc) is 1.84. The van der Waals surface area contributed by atoms with Crippen molar-refractivity contribution < 1.29 is 24.6 Å². The third-order valence-corrected chi connectivity index (χ3v) is 0.942. The molecule has 4 N–H and O–H groups in total. The van der Waals surface area contributed by atoms with Gasteiger partial charge in [-0.25, -0.2) is 4.79 Å². The van der Waals surface area contributed by atoms with E-state index in [0.717, 1.165) is 0 Å². The van der Waals surface area contributed by atoms with Gasteiger partial charge in [0.25, 0.3) is 5.78 Å². The zero-order chi connectivity index (χ0) is 9.02. The van der Waals surface area contributed by atoms with Gasteiger partial charge in [-0.1, -0.05) is 0 Å². The molecule has 62 valence electrons. The topological polar surface area (TPSA) is 118 Å². The fourth-order valence-electron chi connectivity index (χ4n) is 0.439. The Morgan fingerprint density at radius 1 is 1.27 bits per heavy atom. The molecule has 0 aliphatic heterocycles. The number of carboxylic acid groups (broad SMARTS) is 2. The van der Waals surface area contributed by atoms with Crippen LogP contribution in [0, 0.1) is 0 Å². The molecule has 0 amide bonds. The first-order valence-corrected chi connectivity index (χ1v) is 2.69. The number of hydrogen-bond acceptors (Lipinski definition) is 4. The lowest BCUT2D eigenvalue weighted by Gasteiger charge is -2.01. The summed E-state index contributed by atoms with van der Waals surface area (Å²) in [7, 11) is 0. The van der Waals surface area contributed by atoms with Crippen LogP contribution in [0.3, 0.4) is 0 Å². The van der Waals surface area contributed by atoms with E-state index in [1.54, 1.807) is 0 Å². The Kier molecular flexibility index (Phi) is 3.19. The van der Waals surface area contributed by atoms with Crippen molar-refractivity contribution in [2.75, 3.05) is 0 Å². The van der Waals surface area contributed by atoms with Crippen LogP contribution in [0.25, 0.3) is 0 Å². The van der Waals surface area contributed by atoms with E-state index in [0.29, 0.717) is 0 Å². The van der Waals surface area contributed by atoms with Gasteiger partial charge in [0, 0.05) is 0 Å². The average molecular weight is 161 g/mol. The summed E-state index contributed by atoms with van der Waals surface area (Å²) in [6.45, 7) is 0. The highest BCUT2D eigenvalue weighted by molar-refractivity contribution is 6.35. The second-order valence-electron chi connectivity index (χ2n) is 1.87. The van der Waals surface area contributed by atoms with Crippen LogP contribution >= 0.6 is 0 Å². The number of rotatable bonds is 4. The largest absolute Gasteiger partial charge is 0.481 e. The second kappa shape index (κ2) is 3.67. The van der Waals surface area contributed by atoms with E-state index >= 15 is 0 Å². The molecule has 0 bridgehead atoms. The lowest BCUT2D eigenvalue weighted by molar-refractivity contribution is -0.150. The highest BCUT2D eigenvalue weighted by Crippen LogP contribution is 1.89. The molecular formula is C5H7NO5. The molecule has 0 spiro atoms. The van der Waals surface area contributed by atoms with Crippen molar-refractivity contribution >= 4 is 17.7 Å². The van der Waals surface area contributed by atoms with Crippen molar-refractivity contribution in [3.05, 3.63) is 0 Å². The van der Waals surface area contributed by atoms with Crippen LogP contribution in [0.1, 0.15) is 6.42 Å². The SMILES string of the molecule is NC(CC(=O)O)C(=O)C(=O)O. The van der Waals surface area contributed by atoms with Crippen molar-refractivity contribution in [2.24, 2.45) is 5.73 Å². The maximum Gasteiger partial charge on any atom is 0.373 e. The maximum atomic E-state index is 10.4. The monoisotopic (exact) mass is 161 g/mol. The molecule has 0 saturated carbocycles. The number of hydrogen-bond donors (Lipinski definition) is 3. The third kappa shape index (κ3) is 3.31. The normalized spacial score (nSPS) is 12.1. The van der Waals surface area contributed by atoms with E-state index in [9.17, 15) is 14.4 Å². The van der Waals surface area contributed by atoms with Gasteiger partial charge in [0.2, 0.25) is 0 Å². The Bertz CT molecular complexity index is 199. The summed E-state index contributed by atoms with van der Waals surface area (Å²) >= 11 is 0. The molecule has 0 aromatic carbocycles. The van der Waals surface area contributed by atoms with E-state index in [2.05, 4.69) is 0 Å². The molecule has 0 aliphatic carbocycles. The quantitative estimate of drug-likeness (QED) is 0.429. The summed E-state index contributed by atoms with van der Waals surface area (Å²) in [5, 5.41) is 16.1. The Hall–Kier alpha value is -1.43. The minimum atomic E-state index is -1.71. The molecule has 0 fully saturated rings. The molecule has 1 unspecified atom stereocenters. The molecule has 11 heavy (non-hydrogen) atoms. The van der Waals surface area contributed by atoms with Crippen LogP contribution in [0.4, 0.5) is 0 Å². The van der Waals surface area contributed by atoms with Crippen LogP contribution in [0.5, 0.6) is 0 Å². The third-order valence-electron chi connectivity index (χ3n) is 0.942. The molecule has 0 saturated heterocycles. The highest BCUT2D eigenvalue weighted by Gasteiger charge is 2.22. The summed E-state index contributed by atoms with van der Waals surface area (Å²) in [5.41, 5.74) is 4.91. The Morgan fingerprint density at radius 2 is 1.73 bits per heavy atom. The molecule has 0 rings (SSSR count). The van der Waals surface area contributed by atoms with Gasteiger partial charge in [0.15, 0.2) is 0 Å². The Balaban J connectivity index is 4.03. The number of Topliss-reactive ketones (excluding diaryl/α,β-unsaturated/α-hetero) is 1. The molecule has 0 heterocycles. The van der Waals surface area contributed by atoms with Gasteiger partial charge in [0.05, 0.1) is 12.5 Å². The standard InChI is InChI=1S/C5H7NO5/c6-2(1-3(7)8)4(9)5(10)11/h2H,1,6H2,(H,7,8)(H,10,11). The van der Waals surface area contributed by atoms with Crippen LogP contribution in [0.15, 0.2) is 0 Å². The zero-order valence-electron chi connectivity index (χ0n) is 5.48. The fraction of sp³-hybridized carbons (Fsp3) is 0.400. The van der Waals surface area contributed by atoms with Crippen LogP contribution in [-0.2, 0) is 14.4 Å². The van der Waals surface area contributed by atoms with E-state index in [1.807, 2.05) is 0 Å². The summed E-state index contributed by atoms with van der Waals surface area (Å²) in [6.07, 6.45) is -0.662. The molecule has 0 aliphatic rings.